The molecule has 7 heavy (non-hydrogen) atoms. The third-order valence-electron chi connectivity index (χ3n) is 0.582. The quantitative estimate of drug-likeness (QED) is 0.467. The maximum absolute atomic E-state index is 10.2. The molecule has 1 rings (SSSR count). The van der Waals surface area contributed by atoms with Crippen LogP contribution in [0.4, 0.5) is 0 Å². The molecule has 1 heterocycles. The Morgan fingerprint density at radius 3 is 2.71 bits per heavy atom. The lowest BCUT2D eigenvalue weighted by atomic mass is 10.8. The number of nitrogens with two attached hydrogens (primary N) is 1. The van der Waals surface area contributed by atoms with E-state index in [0.717, 1.165) is 11.8 Å². The van der Waals surface area contributed by atoms with E-state index < -0.39 is 0 Å². The molecule has 0 radical (unpaired) electrons. The van der Waals surface area contributed by atoms with Gasteiger partial charge in [0.15, 0.2) is 5.17 Å². The molecule has 0 atom stereocenters. The third kappa shape index (κ3) is 0.928. The van der Waals surface area contributed by atoms with E-state index >= 15 is 0 Å². The summed E-state index contributed by atoms with van der Waals surface area (Å²) in [6.07, 6.45) is 0. The van der Waals surface area contributed by atoms with E-state index in [1.165, 1.54) is 0 Å². The van der Waals surface area contributed by atoms with Crippen LogP contribution in [0, 0.1) is 0 Å². The minimum Gasteiger partial charge on any atom is -0.378 e. The topological polar surface area (TPSA) is 55.4 Å². The molecule has 0 bridgehead atoms. The number of amidine groups is 1. The summed E-state index contributed by atoms with van der Waals surface area (Å²) in [4.78, 5) is 13.8. The minimum atomic E-state index is 0.0394. The van der Waals surface area contributed by atoms with Gasteiger partial charge in [0.25, 0.3) is 0 Å². The molecule has 0 aromatic carbocycles. The molecule has 3 nitrogen and oxygen atoms in total. The zero-order valence-electron chi connectivity index (χ0n) is 3.55. The molecule has 1 aliphatic heterocycles. The Morgan fingerprint density at radius 1 is 1.86 bits per heavy atom. The highest BCUT2D eigenvalue weighted by molar-refractivity contribution is 8.26. The third-order valence-corrected chi connectivity index (χ3v) is 1.28. The first kappa shape index (κ1) is 4.64. The van der Waals surface area contributed by atoms with Crippen LogP contribution in [0.25, 0.3) is 0 Å². The highest BCUT2D eigenvalue weighted by Gasteiger charge is 2.10. The standard InChI is InChI=1S/C3H4N2OS/c4-3-5-1-2(6)7-3/h1H2,(H2,4,5). The van der Waals surface area contributed by atoms with Crippen molar-refractivity contribution in [2.24, 2.45) is 10.7 Å². The Bertz CT molecular complexity index is 131. The van der Waals surface area contributed by atoms with E-state index in [0.29, 0.717) is 5.17 Å². The van der Waals surface area contributed by atoms with Gasteiger partial charge in [0.2, 0.25) is 5.12 Å². The molecule has 0 unspecified atom stereocenters. The Hall–Kier alpha value is -0.510. The Balaban J connectivity index is 2.58. The average molecular weight is 116 g/mol. The van der Waals surface area contributed by atoms with Gasteiger partial charge in [0.1, 0.15) is 6.54 Å². The van der Waals surface area contributed by atoms with Crippen molar-refractivity contribution < 1.29 is 4.79 Å². The van der Waals surface area contributed by atoms with Crippen molar-refractivity contribution >= 4 is 22.0 Å². The van der Waals surface area contributed by atoms with Gasteiger partial charge >= 0.3 is 0 Å². The van der Waals surface area contributed by atoms with Gasteiger partial charge < -0.3 is 5.73 Å². The fraction of sp³-hybridized carbons (Fsp3) is 0.333. The van der Waals surface area contributed by atoms with E-state index in [9.17, 15) is 4.79 Å². The number of thioether (sulfide) groups is 1. The molecule has 0 aromatic rings. The van der Waals surface area contributed by atoms with Crippen LogP contribution in [0.3, 0.4) is 0 Å². The van der Waals surface area contributed by atoms with E-state index in [1.807, 2.05) is 0 Å². The summed E-state index contributed by atoms with van der Waals surface area (Å²) in [5.41, 5.74) is 5.12. The number of hydrogen-bond donors (Lipinski definition) is 1. The molecular formula is C3H4N2OS. The van der Waals surface area contributed by atoms with Gasteiger partial charge in [0, 0.05) is 0 Å². The molecule has 0 aromatic heterocycles. The molecule has 0 saturated heterocycles. The van der Waals surface area contributed by atoms with Crippen LogP contribution in [0.2, 0.25) is 0 Å². The lowest BCUT2D eigenvalue weighted by molar-refractivity contribution is -0.109. The second-order valence-corrected chi connectivity index (χ2v) is 2.21. The fourth-order valence-corrected chi connectivity index (χ4v) is 0.815. The maximum Gasteiger partial charge on any atom is 0.218 e. The first-order valence-electron chi connectivity index (χ1n) is 1.79. The van der Waals surface area contributed by atoms with E-state index in [-0.39, 0.29) is 11.7 Å². The van der Waals surface area contributed by atoms with Gasteiger partial charge in [0.05, 0.1) is 0 Å². The predicted octanol–water partition coefficient (Wildman–Crippen LogP) is -0.425. The molecule has 38 valence electrons. The van der Waals surface area contributed by atoms with E-state index in [2.05, 4.69) is 4.99 Å². The second-order valence-electron chi connectivity index (χ2n) is 1.13. The van der Waals surface area contributed by atoms with E-state index in [4.69, 9.17) is 5.73 Å². The van der Waals surface area contributed by atoms with Crippen molar-refractivity contribution in [1.82, 2.24) is 0 Å². The number of carbonyl (C=O) groups is 1. The van der Waals surface area contributed by atoms with Crippen molar-refractivity contribution in [3.63, 3.8) is 0 Å². The lowest BCUT2D eigenvalue weighted by Crippen LogP contribution is -2.01. The summed E-state index contributed by atoms with van der Waals surface area (Å²) < 4.78 is 0. The number of nitrogens with zero attached hydrogens (tertiary/aromatic N) is 1. The number of hydrogen-bond acceptors (Lipinski definition) is 4. The molecular weight excluding hydrogens is 112 g/mol. The molecule has 2 N–H and O–H groups in total. The minimum absolute atomic E-state index is 0.0394. The highest BCUT2D eigenvalue weighted by atomic mass is 32.2. The van der Waals surface area contributed by atoms with Crippen molar-refractivity contribution in [1.29, 1.82) is 0 Å². The van der Waals surface area contributed by atoms with E-state index in [1.54, 1.807) is 0 Å². The smallest absolute Gasteiger partial charge is 0.218 e. The number of rotatable bonds is 0. The van der Waals surface area contributed by atoms with Crippen molar-refractivity contribution in [3.8, 4) is 0 Å². The molecule has 0 saturated carbocycles. The Kier molecular flexibility index (Phi) is 1.02. The molecule has 0 spiro atoms. The summed E-state index contributed by atoms with van der Waals surface area (Å²) in [5, 5.41) is 0.433. The Labute approximate surface area is 45.0 Å². The first-order chi connectivity index (χ1) is 3.29. The zero-order valence-corrected chi connectivity index (χ0v) is 4.36. The first-order valence-corrected chi connectivity index (χ1v) is 2.61. The van der Waals surface area contributed by atoms with Gasteiger partial charge in [-0.15, -0.1) is 0 Å². The highest BCUT2D eigenvalue weighted by Crippen LogP contribution is 2.08. The summed E-state index contributed by atoms with van der Waals surface area (Å²) in [7, 11) is 0. The molecule has 0 fully saturated rings. The molecule has 4 heteroatoms. The summed E-state index contributed by atoms with van der Waals surface area (Å²) in [6, 6.07) is 0. The SMILES string of the molecule is NC1=NCC(=O)S1. The van der Waals surface area contributed by atoms with Gasteiger partial charge in [-0.25, -0.2) is 0 Å². The monoisotopic (exact) mass is 116 g/mol. The van der Waals surface area contributed by atoms with Gasteiger partial charge in [-0.2, -0.15) is 0 Å². The normalized spacial score (nSPS) is 20.0. The van der Waals surface area contributed by atoms with Crippen LogP contribution in [0.1, 0.15) is 0 Å². The average Bonchev–Trinajstić information content (AvgIpc) is 1.87. The molecule has 0 aliphatic carbocycles. The number of aliphatic imine (C=N–C) groups is 1. The van der Waals surface area contributed by atoms with Crippen LogP contribution >= 0.6 is 11.8 Å². The predicted molar refractivity (Wildman–Crippen MR) is 29.1 cm³/mol. The van der Waals surface area contributed by atoms with Crippen LogP contribution < -0.4 is 5.73 Å². The second kappa shape index (κ2) is 1.54. The summed E-state index contributed by atoms with van der Waals surface area (Å²) in [6.45, 7) is 0.260. The molecule has 0 amide bonds. The fourth-order valence-electron chi connectivity index (χ4n) is 0.324. The van der Waals surface area contributed by atoms with Crippen molar-refractivity contribution in [3.05, 3.63) is 0 Å². The van der Waals surface area contributed by atoms with Gasteiger partial charge in [-0.3, -0.25) is 9.79 Å². The summed E-state index contributed by atoms with van der Waals surface area (Å²) in [5.74, 6) is 0. The zero-order chi connectivity index (χ0) is 5.28. The Morgan fingerprint density at radius 2 is 2.57 bits per heavy atom. The van der Waals surface area contributed by atoms with Crippen molar-refractivity contribution in [2.45, 2.75) is 0 Å². The van der Waals surface area contributed by atoms with Gasteiger partial charge in [-0.05, 0) is 11.8 Å². The van der Waals surface area contributed by atoms with Crippen LogP contribution in [0.5, 0.6) is 0 Å². The van der Waals surface area contributed by atoms with Crippen LogP contribution in [-0.4, -0.2) is 16.8 Å². The van der Waals surface area contributed by atoms with Crippen LogP contribution in [-0.2, 0) is 4.79 Å². The summed E-state index contributed by atoms with van der Waals surface area (Å²) >= 11 is 1.01. The lowest BCUT2D eigenvalue weighted by Gasteiger charge is -1.77. The maximum atomic E-state index is 10.2. The largest absolute Gasteiger partial charge is 0.378 e. The van der Waals surface area contributed by atoms with Gasteiger partial charge in [-0.1, -0.05) is 0 Å². The van der Waals surface area contributed by atoms with Crippen molar-refractivity contribution in [2.75, 3.05) is 6.54 Å². The number of carbonyl (C=O) groups excluding carboxylic acids is 1. The molecule has 1 aliphatic rings. The van der Waals surface area contributed by atoms with Crippen LogP contribution in [0.15, 0.2) is 4.99 Å².